The Morgan fingerprint density at radius 1 is 1.05 bits per heavy atom. The molecule has 3 atom stereocenters. The number of nitrogens with one attached hydrogen (secondary N) is 1. The van der Waals surface area contributed by atoms with Gasteiger partial charge in [0.1, 0.15) is 17.6 Å². The molecule has 40 heavy (non-hydrogen) atoms. The van der Waals surface area contributed by atoms with Crippen molar-refractivity contribution >= 4 is 5.82 Å². The summed E-state index contributed by atoms with van der Waals surface area (Å²) < 4.78 is 107. The van der Waals surface area contributed by atoms with Gasteiger partial charge in [0.15, 0.2) is 11.6 Å². The molecule has 2 aromatic carbocycles. The number of H-pyrrole nitrogens is 1. The first-order valence-electron chi connectivity index (χ1n) is 12.3. The zero-order valence-electron chi connectivity index (χ0n) is 22.1. The standard InChI is InChI=1S/C26H28F7N5O2/c1-15(17-11-18(25(28,29)30)13-19(12-17)26(31,32)33)40-24(2)22(16-5-7-20(27)8-6-16)38(9-10-39-24)23-21(14-37(3)4)34-36-35-23/h5-8,11-13,15,22H,9-10,14H2,1-4H3,(H,34,35,36)/t15-,22+,24-/m1/s1. The third kappa shape index (κ3) is 6.39. The summed E-state index contributed by atoms with van der Waals surface area (Å²) in [4.78, 5) is 3.69. The minimum atomic E-state index is -5.01. The summed E-state index contributed by atoms with van der Waals surface area (Å²) >= 11 is 0. The van der Waals surface area contributed by atoms with Crippen LogP contribution in [0.25, 0.3) is 0 Å². The Labute approximate surface area is 225 Å². The lowest BCUT2D eigenvalue weighted by atomic mass is 9.94. The van der Waals surface area contributed by atoms with E-state index in [1.54, 1.807) is 0 Å². The highest BCUT2D eigenvalue weighted by atomic mass is 19.4. The summed E-state index contributed by atoms with van der Waals surface area (Å²) in [6, 6.07) is 5.97. The van der Waals surface area contributed by atoms with E-state index in [0.717, 1.165) is 0 Å². The van der Waals surface area contributed by atoms with Crippen molar-refractivity contribution in [1.82, 2.24) is 20.3 Å². The Morgan fingerprint density at radius 2 is 1.65 bits per heavy atom. The van der Waals surface area contributed by atoms with E-state index in [0.29, 0.717) is 42.3 Å². The lowest BCUT2D eigenvalue weighted by molar-refractivity contribution is -0.271. The van der Waals surface area contributed by atoms with Crippen molar-refractivity contribution in [3.63, 3.8) is 0 Å². The van der Waals surface area contributed by atoms with E-state index >= 15 is 0 Å². The smallest absolute Gasteiger partial charge is 0.346 e. The second kappa shape index (κ2) is 11.0. The number of aromatic amines is 1. The topological polar surface area (TPSA) is 66.5 Å². The summed E-state index contributed by atoms with van der Waals surface area (Å²) in [6.07, 6.45) is -11.3. The van der Waals surface area contributed by atoms with E-state index in [9.17, 15) is 30.7 Å². The van der Waals surface area contributed by atoms with Gasteiger partial charge < -0.3 is 19.3 Å². The number of anilines is 1. The maximum atomic E-state index is 13.8. The highest BCUT2D eigenvalue weighted by molar-refractivity contribution is 5.47. The van der Waals surface area contributed by atoms with E-state index < -0.39 is 47.2 Å². The molecule has 218 valence electrons. The Balaban J connectivity index is 1.77. The second-order valence-electron chi connectivity index (χ2n) is 9.94. The van der Waals surface area contributed by atoms with Gasteiger partial charge >= 0.3 is 12.4 Å². The number of hydrogen-bond acceptors (Lipinski definition) is 6. The van der Waals surface area contributed by atoms with Crippen molar-refractivity contribution in [2.45, 2.75) is 50.7 Å². The lowest BCUT2D eigenvalue weighted by Crippen LogP contribution is -2.55. The monoisotopic (exact) mass is 575 g/mol. The van der Waals surface area contributed by atoms with Crippen molar-refractivity contribution in [2.24, 2.45) is 0 Å². The van der Waals surface area contributed by atoms with Crippen LogP contribution in [0, 0.1) is 5.82 Å². The molecule has 4 rings (SSSR count). The third-order valence-corrected chi connectivity index (χ3v) is 6.54. The van der Waals surface area contributed by atoms with Gasteiger partial charge in [-0.3, -0.25) is 0 Å². The molecular formula is C26H28F7N5O2. The fourth-order valence-electron chi connectivity index (χ4n) is 4.81. The molecule has 1 aromatic heterocycles. The highest BCUT2D eigenvalue weighted by Gasteiger charge is 2.47. The van der Waals surface area contributed by atoms with E-state index in [-0.39, 0.29) is 18.2 Å². The molecule has 3 aromatic rings. The van der Waals surface area contributed by atoms with Crippen molar-refractivity contribution in [1.29, 1.82) is 0 Å². The first-order chi connectivity index (χ1) is 18.6. The Kier molecular flexibility index (Phi) is 8.16. The van der Waals surface area contributed by atoms with Crippen LogP contribution >= 0.6 is 0 Å². The maximum absolute atomic E-state index is 13.8. The molecule has 1 aliphatic rings. The molecule has 0 amide bonds. The fraction of sp³-hybridized carbons (Fsp3) is 0.462. The van der Waals surface area contributed by atoms with Crippen LogP contribution in [-0.4, -0.2) is 53.3 Å². The van der Waals surface area contributed by atoms with Gasteiger partial charge in [0.2, 0.25) is 0 Å². The Hall–Kier alpha value is -3.23. The number of ether oxygens (including phenoxy) is 2. The molecule has 0 aliphatic carbocycles. The molecule has 2 heterocycles. The number of aromatic nitrogens is 3. The minimum absolute atomic E-state index is 0.0644. The molecule has 14 heteroatoms. The molecule has 1 N–H and O–H groups in total. The van der Waals surface area contributed by atoms with Crippen LogP contribution in [-0.2, 0) is 28.4 Å². The van der Waals surface area contributed by atoms with Crippen LogP contribution in [0.1, 0.15) is 53.9 Å². The average Bonchev–Trinajstić information content (AvgIpc) is 3.30. The number of morpholine rings is 1. The largest absolute Gasteiger partial charge is 0.416 e. The van der Waals surface area contributed by atoms with Crippen LogP contribution < -0.4 is 4.90 Å². The predicted molar refractivity (Wildman–Crippen MR) is 131 cm³/mol. The van der Waals surface area contributed by atoms with Gasteiger partial charge in [-0.05, 0) is 69.4 Å². The Morgan fingerprint density at radius 3 is 2.20 bits per heavy atom. The van der Waals surface area contributed by atoms with Crippen molar-refractivity contribution < 1.29 is 40.2 Å². The summed E-state index contributed by atoms with van der Waals surface area (Å²) in [5.41, 5.74) is -2.13. The van der Waals surface area contributed by atoms with Crippen molar-refractivity contribution in [3.05, 3.63) is 76.2 Å². The van der Waals surface area contributed by atoms with Crippen molar-refractivity contribution in [3.8, 4) is 0 Å². The molecule has 0 bridgehead atoms. The summed E-state index contributed by atoms with van der Waals surface area (Å²) in [5, 5.41) is 11.1. The molecule has 0 unspecified atom stereocenters. The predicted octanol–water partition coefficient (Wildman–Crippen LogP) is 6.11. The van der Waals surface area contributed by atoms with Gasteiger partial charge in [-0.25, -0.2) is 4.39 Å². The molecule has 0 radical (unpaired) electrons. The van der Waals surface area contributed by atoms with Crippen LogP contribution in [0.15, 0.2) is 42.5 Å². The van der Waals surface area contributed by atoms with Crippen LogP contribution in [0.2, 0.25) is 0 Å². The molecule has 1 fully saturated rings. The van der Waals surface area contributed by atoms with E-state index in [1.807, 2.05) is 23.9 Å². The summed E-state index contributed by atoms with van der Waals surface area (Å²) in [7, 11) is 3.68. The lowest BCUT2D eigenvalue weighted by Gasteiger charge is -2.49. The maximum Gasteiger partial charge on any atom is 0.416 e. The average molecular weight is 576 g/mol. The quantitative estimate of drug-likeness (QED) is 0.343. The molecule has 1 aliphatic heterocycles. The number of alkyl halides is 6. The van der Waals surface area contributed by atoms with E-state index in [4.69, 9.17) is 9.47 Å². The molecule has 0 saturated carbocycles. The number of nitrogens with zero attached hydrogens (tertiary/aromatic N) is 4. The molecular weight excluding hydrogens is 547 g/mol. The fourth-order valence-corrected chi connectivity index (χ4v) is 4.81. The van der Waals surface area contributed by atoms with Crippen LogP contribution in [0.4, 0.5) is 36.6 Å². The second-order valence-corrected chi connectivity index (χ2v) is 9.94. The van der Waals surface area contributed by atoms with Gasteiger partial charge in [0.25, 0.3) is 0 Å². The first-order valence-corrected chi connectivity index (χ1v) is 12.3. The van der Waals surface area contributed by atoms with Crippen LogP contribution in [0.3, 0.4) is 0 Å². The van der Waals surface area contributed by atoms with Gasteiger partial charge in [-0.1, -0.05) is 12.1 Å². The van der Waals surface area contributed by atoms with Crippen molar-refractivity contribution in [2.75, 3.05) is 32.1 Å². The molecule has 1 saturated heterocycles. The number of halogens is 7. The zero-order valence-corrected chi connectivity index (χ0v) is 22.1. The summed E-state index contributed by atoms with van der Waals surface area (Å²) in [5.74, 6) is -1.66. The normalized spacial score (nSPS) is 21.2. The first kappa shape index (κ1) is 29.7. The van der Waals surface area contributed by atoms with Gasteiger partial charge in [-0.2, -0.15) is 36.7 Å². The third-order valence-electron chi connectivity index (χ3n) is 6.54. The minimum Gasteiger partial charge on any atom is -0.346 e. The van der Waals surface area contributed by atoms with E-state index in [2.05, 4.69) is 15.4 Å². The number of benzene rings is 2. The Bertz CT molecular complexity index is 1280. The van der Waals surface area contributed by atoms with E-state index in [1.165, 1.54) is 38.1 Å². The van der Waals surface area contributed by atoms with Gasteiger partial charge in [0.05, 0.1) is 23.8 Å². The van der Waals surface area contributed by atoms with Gasteiger partial charge in [-0.15, -0.1) is 5.10 Å². The zero-order chi connectivity index (χ0) is 29.5. The van der Waals surface area contributed by atoms with Crippen LogP contribution in [0.5, 0.6) is 0 Å². The molecule has 0 spiro atoms. The number of hydrogen-bond donors (Lipinski definition) is 1. The summed E-state index contributed by atoms with van der Waals surface area (Å²) in [6.45, 7) is 3.68. The van der Waals surface area contributed by atoms with Gasteiger partial charge in [0, 0.05) is 13.1 Å². The SMILES string of the molecule is C[C@@H](O[C@@]1(C)OCCN(c2n[nH]nc2CN(C)C)[C@H]1c1ccc(F)cc1)c1cc(C(F)(F)F)cc(C(F)(F)F)c1. The molecule has 7 nitrogen and oxygen atoms in total. The number of rotatable bonds is 7. The highest BCUT2D eigenvalue weighted by Crippen LogP contribution is 2.45.